The average molecular weight is 238 g/mol. The Kier molecular flexibility index (Phi) is 2.95. The van der Waals surface area contributed by atoms with Crippen LogP contribution in [0.15, 0.2) is 12.4 Å². The van der Waals surface area contributed by atoms with E-state index in [1.807, 2.05) is 0 Å². The monoisotopic (exact) mass is 238 g/mol. The summed E-state index contributed by atoms with van der Waals surface area (Å²) < 4.78 is 38.9. The molecule has 1 aromatic rings. The first-order valence-electron chi connectivity index (χ1n) is 4.17. The van der Waals surface area contributed by atoms with Crippen molar-refractivity contribution in [2.24, 2.45) is 7.05 Å². The van der Waals surface area contributed by atoms with E-state index in [1.54, 1.807) is 0 Å². The van der Waals surface area contributed by atoms with Gasteiger partial charge in [-0.3, -0.25) is 4.79 Å². The summed E-state index contributed by atoms with van der Waals surface area (Å²) >= 11 is 0. The fourth-order valence-corrected chi connectivity index (χ4v) is 1.29. The summed E-state index contributed by atoms with van der Waals surface area (Å²) in [6, 6.07) is 0. The molecule has 8 heteroatoms. The maximum atomic E-state index is 12.6. The van der Waals surface area contributed by atoms with Gasteiger partial charge in [-0.15, -0.1) is 0 Å². The second-order valence-electron chi connectivity index (χ2n) is 3.29. The highest BCUT2D eigenvalue weighted by Crippen LogP contribution is 2.40. The van der Waals surface area contributed by atoms with E-state index in [-0.39, 0.29) is 0 Å². The number of imidazole rings is 1. The molecule has 0 amide bonds. The minimum absolute atomic E-state index is 0.748. The van der Waals surface area contributed by atoms with E-state index in [4.69, 9.17) is 5.11 Å². The molecule has 16 heavy (non-hydrogen) atoms. The van der Waals surface area contributed by atoms with Crippen molar-refractivity contribution < 1.29 is 28.2 Å². The molecule has 0 saturated heterocycles. The van der Waals surface area contributed by atoms with Crippen LogP contribution in [0.5, 0.6) is 0 Å². The lowest BCUT2D eigenvalue weighted by Gasteiger charge is -2.28. The molecule has 90 valence electrons. The Morgan fingerprint density at radius 2 is 2.12 bits per heavy atom. The maximum absolute atomic E-state index is 12.6. The predicted octanol–water partition coefficient (Wildman–Crippen LogP) is 0.645. The number of aromatic nitrogens is 2. The Bertz CT molecular complexity index is 401. The highest BCUT2D eigenvalue weighted by molar-refractivity contribution is 5.68. The van der Waals surface area contributed by atoms with Crippen LogP contribution in [0.25, 0.3) is 0 Å². The molecule has 1 aromatic heterocycles. The molecule has 1 heterocycles. The molecule has 0 aliphatic rings. The van der Waals surface area contributed by atoms with Crippen molar-refractivity contribution in [1.29, 1.82) is 0 Å². The van der Waals surface area contributed by atoms with E-state index in [9.17, 15) is 23.1 Å². The Balaban J connectivity index is 3.26. The van der Waals surface area contributed by atoms with Crippen LogP contribution in [0.4, 0.5) is 13.2 Å². The number of hydrogen-bond acceptors (Lipinski definition) is 3. The van der Waals surface area contributed by atoms with Crippen LogP contribution in [-0.2, 0) is 17.4 Å². The zero-order valence-corrected chi connectivity index (χ0v) is 8.19. The largest absolute Gasteiger partial charge is 0.481 e. The SMILES string of the molecule is Cn1ccnc1[C@](O)(CC(=O)O)C(F)(F)F. The number of aryl methyl sites for hydroxylation is 1. The molecule has 0 fully saturated rings. The number of halogens is 3. The van der Waals surface area contributed by atoms with Gasteiger partial charge in [-0.2, -0.15) is 13.2 Å². The van der Waals surface area contributed by atoms with Crippen LogP contribution in [0.3, 0.4) is 0 Å². The van der Waals surface area contributed by atoms with E-state index in [1.165, 1.54) is 13.2 Å². The lowest BCUT2D eigenvalue weighted by atomic mass is 9.98. The minimum atomic E-state index is -5.11. The topological polar surface area (TPSA) is 75.3 Å². The van der Waals surface area contributed by atoms with Gasteiger partial charge < -0.3 is 14.8 Å². The summed E-state index contributed by atoms with van der Waals surface area (Å²) in [6.45, 7) is 0. The molecule has 5 nitrogen and oxygen atoms in total. The van der Waals surface area contributed by atoms with Gasteiger partial charge in [-0.1, -0.05) is 0 Å². The quantitative estimate of drug-likeness (QED) is 0.810. The van der Waals surface area contributed by atoms with Crippen LogP contribution >= 0.6 is 0 Å². The van der Waals surface area contributed by atoms with E-state index in [0.29, 0.717) is 0 Å². The molecular weight excluding hydrogens is 229 g/mol. The van der Waals surface area contributed by atoms with Gasteiger partial charge in [0.15, 0.2) is 5.82 Å². The third kappa shape index (κ3) is 2.01. The van der Waals surface area contributed by atoms with E-state index < -0.39 is 30.0 Å². The Morgan fingerprint density at radius 1 is 1.56 bits per heavy atom. The summed E-state index contributed by atoms with van der Waals surface area (Å²) in [5.74, 6) is -2.51. The van der Waals surface area contributed by atoms with Crippen molar-refractivity contribution in [2.45, 2.75) is 18.2 Å². The Labute approximate surface area is 88.1 Å². The molecule has 1 atom stereocenters. The van der Waals surface area contributed by atoms with Crippen molar-refractivity contribution in [2.75, 3.05) is 0 Å². The van der Waals surface area contributed by atoms with Gasteiger partial charge in [-0.05, 0) is 0 Å². The number of carbonyl (C=O) groups is 1. The van der Waals surface area contributed by atoms with Crippen molar-refractivity contribution in [1.82, 2.24) is 9.55 Å². The van der Waals surface area contributed by atoms with Crippen LogP contribution < -0.4 is 0 Å². The normalized spacial score (nSPS) is 15.8. The van der Waals surface area contributed by atoms with E-state index in [0.717, 1.165) is 10.8 Å². The number of carboxylic acid groups (broad SMARTS) is 1. The lowest BCUT2D eigenvalue weighted by Crippen LogP contribution is -2.46. The van der Waals surface area contributed by atoms with Crippen LogP contribution in [0, 0.1) is 0 Å². The second kappa shape index (κ2) is 3.78. The first kappa shape index (κ1) is 12.5. The highest BCUT2D eigenvalue weighted by Gasteiger charge is 2.58. The number of alkyl halides is 3. The van der Waals surface area contributed by atoms with Crippen molar-refractivity contribution in [3.63, 3.8) is 0 Å². The number of carboxylic acids is 1. The van der Waals surface area contributed by atoms with Crippen molar-refractivity contribution in [3.8, 4) is 0 Å². The molecule has 0 unspecified atom stereocenters. The van der Waals surface area contributed by atoms with E-state index in [2.05, 4.69) is 4.98 Å². The Morgan fingerprint density at radius 3 is 2.44 bits per heavy atom. The molecule has 0 aliphatic heterocycles. The number of aliphatic carboxylic acids is 1. The summed E-state index contributed by atoms with van der Waals surface area (Å²) in [5.41, 5.74) is -3.48. The number of hydrogen-bond donors (Lipinski definition) is 2. The molecule has 1 rings (SSSR count). The number of aliphatic hydroxyl groups is 1. The van der Waals surface area contributed by atoms with Crippen LogP contribution in [-0.4, -0.2) is 31.9 Å². The molecular formula is C8H9F3N2O3. The maximum Gasteiger partial charge on any atom is 0.425 e. The molecule has 0 aromatic carbocycles. The van der Waals surface area contributed by atoms with Gasteiger partial charge in [0.05, 0.1) is 6.42 Å². The summed E-state index contributed by atoms with van der Waals surface area (Å²) in [4.78, 5) is 13.7. The molecule has 0 saturated carbocycles. The fraction of sp³-hybridized carbons (Fsp3) is 0.500. The fourth-order valence-electron chi connectivity index (χ4n) is 1.29. The summed E-state index contributed by atoms with van der Waals surface area (Å²) in [7, 11) is 1.24. The van der Waals surface area contributed by atoms with Gasteiger partial charge in [0, 0.05) is 19.4 Å². The molecule has 0 spiro atoms. The predicted molar refractivity (Wildman–Crippen MR) is 45.4 cm³/mol. The van der Waals surface area contributed by atoms with Crippen LogP contribution in [0.2, 0.25) is 0 Å². The molecule has 0 bridgehead atoms. The third-order valence-electron chi connectivity index (χ3n) is 2.07. The molecule has 2 N–H and O–H groups in total. The second-order valence-corrected chi connectivity index (χ2v) is 3.29. The van der Waals surface area contributed by atoms with Gasteiger partial charge in [0.1, 0.15) is 0 Å². The first-order valence-corrected chi connectivity index (χ1v) is 4.17. The smallest absolute Gasteiger partial charge is 0.425 e. The van der Waals surface area contributed by atoms with Crippen LogP contribution in [0.1, 0.15) is 12.2 Å². The lowest BCUT2D eigenvalue weighted by molar-refractivity contribution is -0.272. The zero-order valence-electron chi connectivity index (χ0n) is 8.19. The highest BCUT2D eigenvalue weighted by atomic mass is 19.4. The molecule has 0 radical (unpaired) electrons. The van der Waals surface area contributed by atoms with Gasteiger partial charge >= 0.3 is 12.1 Å². The zero-order chi connectivity index (χ0) is 12.6. The van der Waals surface area contributed by atoms with E-state index >= 15 is 0 Å². The summed E-state index contributed by atoms with van der Waals surface area (Å²) in [6.07, 6.45) is -4.35. The minimum Gasteiger partial charge on any atom is -0.481 e. The average Bonchev–Trinajstić information content (AvgIpc) is 2.48. The molecule has 0 aliphatic carbocycles. The van der Waals surface area contributed by atoms with Gasteiger partial charge in [0.25, 0.3) is 0 Å². The standard InChI is InChI=1S/C8H9F3N2O3/c1-13-3-2-12-6(13)7(16,4-5(14)15)8(9,10)11/h2-3,16H,4H2,1H3,(H,14,15)/t7-/m1/s1. The van der Waals surface area contributed by atoms with Crippen molar-refractivity contribution >= 4 is 5.97 Å². The number of rotatable bonds is 3. The third-order valence-corrected chi connectivity index (χ3v) is 2.07. The van der Waals surface area contributed by atoms with Crippen molar-refractivity contribution in [3.05, 3.63) is 18.2 Å². The number of nitrogens with zero attached hydrogens (tertiary/aromatic N) is 2. The summed E-state index contributed by atoms with van der Waals surface area (Å²) in [5, 5.41) is 17.9. The van der Waals surface area contributed by atoms with Gasteiger partial charge in [0.2, 0.25) is 5.60 Å². The Hall–Kier alpha value is -1.57. The first-order chi connectivity index (χ1) is 7.18. The van der Waals surface area contributed by atoms with Gasteiger partial charge in [-0.25, -0.2) is 4.98 Å².